The summed E-state index contributed by atoms with van der Waals surface area (Å²) in [7, 11) is 0. The lowest BCUT2D eigenvalue weighted by Crippen LogP contribution is -2.18. The third-order valence-corrected chi connectivity index (χ3v) is 4.25. The summed E-state index contributed by atoms with van der Waals surface area (Å²) in [5, 5.41) is 10.2. The third kappa shape index (κ3) is 1.33. The van der Waals surface area contributed by atoms with Crippen LogP contribution in [0.2, 0.25) is 0 Å². The molecule has 2 aliphatic rings. The van der Waals surface area contributed by atoms with Crippen LogP contribution < -0.4 is 4.74 Å². The van der Waals surface area contributed by atoms with Crippen molar-refractivity contribution >= 4 is 0 Å². The predicted octanol–water partition coefficient (Wildman–Crippen LogP) is 3.51. The molecule has 0 aromatic heterocycles. The lowest BCUT2D eigenvalue weighted by molar-refractivity contribution is 0.243. The van der Waals surface area contributed by atoms with E-state index in [0.29, 0.717) is 11.7 Å². The molecule has 2 heteroatoms. The normalized spacial score (nSPS) is 25.4. The van der Waals surface area contributed by atoms with Gasteiger partial charge < -0.3 is 9.84 Å². The number of phenols is 1. The molecule has 2 nitrogen and oxygen atoms in total. The van der Waals surface area contributed by atoms with E-state index < -0.39 is 0 Å². The van der Waals surface area contributed by atoms with Crippen LogP contribution in [0.1, 0.15) is 41.0 Å². The van der Waals surface area contributed by atoms with Crippen LogP contribution in [0.4, 0.5) is 0 Å². The van der Waals surface area contributed by atoms with Gasteiger partial charge in [0, 0.05) is 11.5 Å². The fraction of sp³-hybridized carbons (Fsp3) is 0.467. The zero-order chi connectivity index (χ0) is 12.2. The average Bonchev–Trinajstić information content (AvgIpc) is 2.73. The van der Waals surface area contributed by atoms with Gasteiger partial charge in [-0.1, -0.05) is 6.08 Å². The van der Waals surface area contributed by atoms with Crippen molar-refractivity contribution in [2.75, 3.05) is 0 Å². The van der Waals surface area contributed by atoms with Gasteiger partial charge >= 0.3 is 0 Å². The van der Waals surface area contributed by atoms with Crippen LogP contribution in [0.15, 0.2) is 12.2 Å². The maximum Gasteiger partial charge on any atom is 0.127 e. The zero-order valence-corrected chi connectivity index (χ0v) is 10.6. The maximum atomic E-state index is 10.2. The van der Waals surface area contributed by atoms with Gasteiger partial charge in [0.15, 0.2) is 0 Å². The second kappa shape index (κ2) is 3.52. The van der Waals surface area contributed by atoms with Crippen LogP contribution in [0.25, 0.3) is 0 Å². The van der Waals surface area contributed by atoms with E-state index in [2.05, 4.69) is 12.2 Å². The fourth-order valence-electron chi connectivity index (χ4n) is 3.10. The van der Waals surface area contributed by atoms with Crippen molar-refractivity contribution in [1.82, 2.24) is 0 Å². The molecule has 1 aromatic rings. The van der Waals surface area contributed by atoms with Gasteiger partial charge in [-0.05, 0) is 56.4 Å². The van der Waals surface area contributed by atoms with Crippen molar-refractivity contribution in [3.63, 3.8) is 0 Å². The van der Waals surface area contributed by atoms with E-state index in [4.69, 9.17) is 4.74 Å². The van der Waals surface area contributed by atoms with Crippen LogP contribution in [0.3, 0.4) is 0 Å². The molecule has 0 saturated heterocycles. The zero-order valence-electron chi connectivity index (χ0n) is 10.6. The summed E-state index contributed by atoms with van der Waals surface area (Å²) in [6, 6.07) is 0. The standard InChI is InChI=1S/C15H18O2/c1-8-9(2)15-13(10(3)14(8)16)11-6-4-5-7-12(11)17-15/h5,7,11-12,16H,4,6H2,1-3H3/t11-,12+/m0/s1. The highest BCUT2D eigenvalue weighted by molar-refractivity contribution is 5.61. The largest absolute Gasteiger partial charge is 0.507 e. The molecule has 3 rings (SSSR count). The Bertz CT molecular complexity index is 514. The highest BCUT2D eigenvalue weighted by atomic mass is 16.5. The smallest absolute Gasteiger partial charge is 0.127 e. The molecule has 1 aliphatic heterocycles. The summed E-state index contributed by atoms with van der Waals surface area (Å²) < 4.78 is 6.06. The Morgan fingerprint density at radius 2 is 1.94 bits per heavy atom. The average molecular weight is 230 g/mol. The van der Waals surface area contributed by atoms with Gasteiger partial charge in [0.2, 0.25) is 0 Å². The number of ether oxygens (including phenoxy) is 1. The molecule has 0 bridgehead atoms. The van der Waals surface area contributed by atoms with E-state index in [1.807, 2.05) is 20.8 Å². The van der Waals surface area contributed by atoms with E-state index in [0.717, 1.165) is 35.3 Å². The number of hydrogen-bond acceptors (Lipinski definition) is 2. The molecule has 0 fully saturated rings. The number of allylic oxidation sites excluding steroid dienone is 1. The molecule has 0 amide bonds. The Hall–Kier alpha value is -1.44. The summed E-state index contributed by atoms with van der Waals surface area (Å²) in [5.41, 5.74) is 4.28. The molecule has 1 aliphatic carbocycles. The minimum absolute atomic E-state index is 0.178. The van der Waals surface area contributed by atoms with E-state index in [-0.39, 0.29) is 6.10 Å². The van der Waals surface area contributed by atoms with Crippen LogP contribution in [-0.2, 0) is 0 Å². The van der Waals surface area contributed by atoms with Crippen LogP contribution in [0.5, 0.6) is 11.5 Å². The molecule has 17 heavy (non-hydrogen) atoms. The molecule has 2 atom stereocenters. The second-order valence-corrected chi connectivity index (χ2v) is 5.16. The van der Waals surface area contributed by atoms with Crippen molar-refractivity contribution in [3.05, 3.63) is 34.4 Å². The molecular formula is C15H18O2. The van der Waals surface area contributed by atoms with Crippen LogP contribution in [0, 0.1) is 20.8 Å². The van der Waals surface area contributed by atoms with Crippen molar-refractivity contribution in [2.45, 2.75) is 45.6 Å². The number of aromatic hydroxyl groups is 1. The van der Waals surface area contributed by atoms with Gasteiger partial charge in [0.1, 0.15) is 17.6 Å². The van der Waals surface area contributed by atoms with E-state index in [1.54, 1.807) is 0 Å². The Labute approximate surface area is 102 Å². The molecule has 0 spiro atoms. The molecule has 90 valence electrons. The first-order valence-corrected chi connectivity index (χ1v) is 6.27. The monoisotopic (exact) mass is 230 g/mol. The lowest BCUT2D eigenvalue weighted by Gasteiger charge is -2.19. The predicted molar refractivity (Wildman–Crippen MR) is 67.8 cm³/mol. The Morgan fingerprint density at radius 3 is 2.71 bits per heavy atom. The minimum atomic E-state index is 0.178. The van der Waals surface area contributed by atoms with E-state index in [9.17, 15) is 5.11 Å². The molecule has 1 heterocycles. The van der Waals surface area contributed by atoms with Gasteiger partial charge in [-0.2, -0.15) is 0 Å². The Balaban J connectivity index is 2.24. The summed E-state index contributed by atoms with van der Waals surface area (Å²) >= 11 is 0. The second-order valence-electron chi connectivity index (χ2n) is 5.16. The lowest BCUT2D eigenvalue weighted by atomic mass is 9.83. The summed E-state index contributed by atoms with van der Waals surface area (Å²) in [6.07, 6.45) is 6.77. The first-order valence-electron chi connectivity index (χ1n) is 6.27. The maximum absolute atomic E-state index is 10.2. The highest BCUT2D eigenvalue weighted by Crippen LogP contribution is 2.50. The van der Waals surface area contributed by atoms with E-state index >= 15 is 0 Å². The van der Waals surface area contributed by atoms with Crippen molar-refractivity contribution in [1.29, 1.82) is 0 Å². The van der Waals surface area contributed by atoms with Gasteiger partial charge in [-0.3, -0.25) is 0 Å². The first-order chi connectivity index (χ1) is 8.11. The highest BCUT2D eigenvalue weighted by Gasteiger charge is 2.37. The third-order valence-electron chi connectivity index (χ3n) is 4.25. The van der Waals surface area contributed by atoms with Gasteiger partial charge in [0.25, 0.3) is 0 Å². The van der Waals surface area contributed by atoms with Gasteiger partial charge in [-0.25, -0.2) is 0 Å². The number of rotatable bonds is 0. The quantitative estimate of drug-likeness (QED) is 0.691. The fourth-order valence-corrected chi connectivity index (χ4v) is 3.10. The van der Waals surface area contributed by atoms with E-state index in [1.165, 1.54) is 5.56 Å². The number of benzene rings is 1. The summed E-state index contributed by atoms with van der Waals surface area (Å²) in [5.74, 6) is 1.89. The first kappa shape index (κ1) is 10.7. The van der Waals surface area contributed by atoms with Crippen molar-refractivity contribution in [3.8, 4) is 11.5 Å². The SMILES string of the molecule is Cc1c(C)c2c(c(C)c1O)[C@H]1CCC=C[C@H]1O2. The minimum Gasteiger partial charge on any atom is -0.507 e. The Morgan fingerprint density at radius 1 is 1.18 bits per heavy atom. The number of hydrogen-bond donors (Lipinski definition) is 1. The van der Waals surface area contributed by atoms with Gasteiger partial charge in [0.05, 0.1) is 0 Å². The van der Waals surface area contributed by atoms with Crippen molar-refractivity contribution < 1.29 is 9.84 Å². The molecular weight excluding hydrogens is 212 g/mol. The number of phenolic OH excluding ortho intramolecular Hbond substituents is 1. The number of fused-ring (bicyclic) bond motifs is 3. The molecule has 0 saturated carbocycles. The van der Waals surface area contributed by atoms with Gasteiger partial charge in [-0.15, -0.1) is 0 Å². The summed E-state index contributed by atoms with van der Waals surface area (Å²) in [4.78, 5) is 0. The van der Waals surface area contributed by atoms with Crippen LogP contribution >= 0.6 is 0 Å². The van der Waals surface area contributed by atoms with Crippen molar-refractivity contribution in [2.24, 2.45) is 0 Å². The summed E-state index contributed by atoms with van der Waals surface area (Å²) in [6.45, 7) is 6.00. The van der Waals surface area contributed by atoms with Crippen LogP contribution in [-0.4, -0.2) is 11.2 Å². The Kier molecular flexibility index (Phi) is 2.22. The molecule has 0 unspecified atom stereocenters. The molecule has 1 aromatic carbocycles. The molecule has 1 N–H and O–H groups in total. The molecule has 0 radical (unpaired) electrons. The topological polar surface area (TPSA) is 29.5 Å².